The molecule has 378 valence electrons. The Morgan fingerprint density at radius 1 is 0.264 bits per heavy atom. The molecule has 72 heavy (non-hydrogen) atoms. The van der Waals surface area contributed by atoms with Crippen molar-refractivity contribution in [3.63, 3.8) is 0 Å². The van der Waals surface area contributed by atoms with Crippen molar-refractivity contribution >= 4 is 0 Å². The third kappa shape index (κ3) is 11.3. The van der Waals surface area contributed by atoms with E-state index in [-0.39, 0.29) is 32.5 Å². The van der Waals surface area contributed by atoms with Crippen LogP contribution in [0.3, 0.4) is 0 Å². The van der Waals surface area contributed by atoms with Crippen LogP contribution in [0.25, 0.3) is 33.4 Å². The number of hydrogen-bond donors (Lipinski definition) is 3. The van der Waals surface area contributed by atoms with Crippen LogP contribution in [-0.2, 0) is 51.8 Å². The van der Waals surface area contributed by atoms with Gasteiger partial charge in [-0.25, -0.2) is 0 Å². The molecule has 0 radical (unpaired) electrons. The standard InChI is InChI=1S/C69H84O3/c1-64(2,3)52-37-43(38-53(61(52)70)65(4,5)6)34-49-58(46-28-22-19-23-29-46)50(35-44-39-54(66(7,8)9)62(71)55(40-44)67(10,11)12)60(48-32-26-21-27-33-48)51(59(49)47-30-24-20-25-31-47)36-45-41-56(68(13,14)15)63(72)57(42-45)69(16,17)18/h19-33,37-42,70-72H,34-36H2,1-18H3. The number of rotatable bonds is 9. The van der Waals surface area contributed by atoms with Crippen molar-refractivity contribution in [2.24, 2.45) is 0 Å². The molecule has 3 N–H and O–H groups in total. The molecule has 0 saturated carbocycles. The zero-order valence-corrected chi connectivity index (χ0v) is 47.1. The van der Waals surface area contributed by atoms with Gasteiger partial charge in [-0.3, -0.25) is 0 Å². The van der Waals surface area contributed by atoms with Crippen molar-refractivity contribution in [2.45, 2.75) is 176 Å². The average Bonchev–Trinajstić information content (AvgIpc) is 3.26. The number of benzene rings is 7. The summed E-state index contributed by atoms with van der Waals surface area (Å²) in [6, 6.07) is 46.4. The van der Waals surface area contributed by atoms with Crippen LogP contribution < -0.4 is 0 Å². The first-order valence-corrected chi connectivity index (χ1v) is 26.2. The number of phenolic OH excluding ortho intramolecular Hbond substituents is 3. The Balaban J connectivity index is 1.77. The Kier molecular flexibility index (Phi) is 14.5. The minimum absolute atomic E-state index is 0.319. The van der Waals surface area contributed by atoms with Crippen molar-refractivity contribution in [3.05, 3.63) is 194 Å². The molecule has 0 amide bonds. The summed E-state index contributed by atoms with van der Waals surface area (Å²) in [5.74, 6) is 1.12. The van der Waals surface area contributed by atoms with Crippen LogP contribution in [0.15, 0.2) is 127 Å². The second kappa shape index (κ2) is 19.4. The third-order valence-corrected chi connectivity index (χ3v) is 14.5. The van der Waals surface area contributed by atoms with Crippen LogP contribution in [0, 0.1) is 0 Å². The van der Waals surface area contributed by atoms with E-state index in [0.717, 1.165) is 66.8 Å². The lowest BCUT2D eigenvalue weighted by Crippen LogP contribution is -2.19. The largest absolute Gasteiger partial charge is 0.507 e. The fourth-order valence-corrected chi connectivity index (χ4v) is 10.7. The van der Waals surface area contributed by atoms with Gasteiger partial charge in [-0.1, -0.05) is 252 Å². The van der Waals surface area contributed by atoms with Gasteiger partial charge in [0, 0.05) is 0 Å². The average molecular weight is 961 g/mol. The van der Waals surface area contributed by atoms with Crippen LogP contribution in [-0.4, -0.2) is 15.3 Å². The maximum Gasteiger partial charge on any atom is 0.123 e. The van der Waals surface area contributed by atoms with Crippen LogP contribution in [0.2, 0.25) is 0 Å². The summed E-state index contributed by atoms with van der Waals surface area (Å²) in [5.41, 5.74) is 17.8. The zero-order chi connectivity index (χ0) is 53.1. The fraction of sp³-hybridized carbons (Fsp3) is 0.391. The summed E-state index contributed by atoms with van der Waals surface area (Å²) >= 11 is 0. The predicted molar refractivity (Wildman–Crippen MR) is 308 cm³/mol. The molecule has 7 aromatic carbocycles. The van der Waals surface area contributed by atoms with E-state index >= 15 is 0 Å². The highest BCUT2D eigenvalue weighted by molar-refractivity contribution is 5.93. The van der Waals surface area contributed by atoms with Gasteiger partial charge in [-0.05, 0) is 152 Å². The molecule has 0 atom stereocenters. The van der Waals surface area contributed by atoms with Crippen molar-refractivity contribution < 1.29 is 15.3 Å². The Hall–Kier alpha value is -6.06. The van der Waals surface area contributed by atoms with Gasteiger partial charge in [0.05, 0.1) is 0 Å². The number of hydrogen-bond acceptors (Lipinski definition) is 3. The lowest BCUT2D eigenvalue weighted by Gasteiger charge is -2.32. The van der Waals surface area contributed by atoms with Crippen molar-refractivity contribution in [1.82, 2.24) is 0 Å². The second-order valence-electron chi connectivity index (χ2n) is 26.8. The molecular formula is C69H84O3. The molecule has 0 unspecified atom stereocenters. The highest BCUT2D eigenvalue weighted by Gasteiger charge is 2.33. The van der Waals surface area contributed by atoms with Gasteiger partial charge in [-0.15, -0.1) is 0 Å². The molecule has 7 aromatic rings. The number of aromatic hydroxyl groups is 3. The Morgan fingerprint density at radius 2 is 0.431 bits per heavy atom. The first-order chi connectivity index (χ1) is 33.3. The van der Waals surface area contributed by atoms with Crippen LogP contribution in [0.5, 0.6) is 17.2 Å². The van der Waals surface area contributed by atoms with Gasteiger partial charge >= 0.3 is 0 Å². The fourth-order valence-electron chi connectivity index (χ4n) is 10.7. The van der Waals surface area contributed by atoms with Gasteiger partial charge in [0.15, 0.2) is 0 Å². The first-order valence-electron chi connectivity index (χ1n) is 26.2. The van der Waals surface area contributed by atoms with Gasteiger partial charge in [0.25, 0.3) is 0 Å². The van der Waals surface area contributed by atoms with Crippen molar-refractivity contribution in [1.29, 1.82) is 0 Å². The van der Waals surface area contributed by atoms with Crippen molar-refractivity contribution in [2.75, 3.05) is 0 Å². The Bertz CT molecular complexity index is 2610. The monoisotopic (exact) mass is 961 g/mol. The lowest BCUT2D eigenvalue weighted by molar-refractivity contribution is 0.422. The minimum Gasteiger partial charge on any atom is -0.507 e. The SMILES string of the molecule is CC(C)(C)c1cc(Cc2c(-c3ccccc3)c(Cc3cc(C(C)(C)C)c(O)c(C(C)(C)C)c3)c(-c3ccccc3)c(Cc3cc(C(C)(C)C)c(O)c(C(C)(C)C)c3)c2-c2ccccc2)cc(C(C)(C)C)c1O. The van der Waals surface area contributed by atoms with Gasteiger partial charge in [0.2, 0.25) is 0 Å². The third-order valence-electron chi connectivity index (χ3n) is 14.5. The predicted octanol–water partition coefficient (Wildman–Crippen LogP) is 18.4. The second-order valence-corrected chi connectivity index (χ2v) is 26.8. The maximum atomic E-state index is 12.1. The lowest BCUT2D eigenvalue weighted by atomic mass is 9.72. The quantitative estimate of drug-likeness (QED) is 0.135. The van der Waals surface area contributed by atoms with Crippen molar-refractivity contribution in [3.8, 4) is 50.6 Å². The summed E-state index contributed by atoms with van der Waals surface area (Å²) in [6.45, 7) is 39.5. The van der Waals surface area contributed by atoms with E-state index in [1.165, 1.54) is 33.4 Å². The summed E-state index contributed by atoms with van der Waals surface area (Å²) in [6.07, 6.45) is 1.80. The van der Waals surface area contributed by atoms with Gasteiger partial charge in [-0.2, -0.15) is 0 Å². The molecule has 0 heterocycles. The van der Waals surface area contributed by atoms with Crippen LogP contribution >= 0.6 is 0 Å². The maximum absolute atomic E-state index is 12.1. The topological polar surface area (TPSA) is 60.7 Å². The Morgan fingerprint density at radius 3 is 0.583 bits per heavy atom. The van der Waals surface area contributed by atoms with E-state index in [4.69, 9.17) is 0 Å². The molecule has 3 heteroatoms. The Labute approximate surface area is 434 Å². The van der Waals surface area contributed by atoms with Gasteiger partial charge < -0.3 is 15.3 Å². The van der Waals surface area contributed by atoms with E-state index in [2.05, 4.69) is 252 Å². The molecule has 0 bridgehead atoms. The molecule has 0 aliphatic rings. The molecule has 0 aliphatic heterocycles. The van der Waals surface area contributed by atoms with Crippen LogP contribution in [0.4, 0.5) is 0 Å². The molecular weight excluding hydrogens is 877 g/mol. The van der Waals surface area contributed by atoms with E-state index in [9.17, 15) is 15.3 Å². The molecule has 0 spiro atoms. The minimum atomic E-state index is -0.319. The molecule has 0 aliphatic carbocycles. The molecule has 7 rings (SSSR count). The van der Waals surface area contributed by atoms with E-state index in [0.29, 0.717) is 36.5 Å². The zero-order valence-electron chi connectivity index (χ0n) is 47.1. The summed E-state index contributed by atoms with van der Waals surface area (Å²) < 4.78 is 0. The van der Waals surface area contributed by atoms with Gasteiger partial charge in [0.1, 0.15) is 17.2 Å². The highest BCUT2D eigenvalue weighted by Crippen LogP contribution is 2.50. The van der Waals surface area contributed by atoms with E-state index in [1.807, 2.05) is 0 Å². The van der Waals surface area contributed by atoms with E-state index < -0.39 is 0 Å². The van der Waals surface area contributed by atoms with E-state index in [1.54, 1.807) is 0 Å². The van der Waals surface area contributed by atoms with Crippen LogP contribution in [0.1, 0.15) is 191 Å². The summed E-state index contributed by atoms with van der Waals surface area (Å²) in [5, 5.41) is 36.3. The molecule has 0 aromatic heterocycles. The smallest absolute Gasteiger partial charge is 0.123 e. The summed E-state index contributed by atoms with van der Waals surface area (Å²) in [4.78, 5) is 0. The normalized spacial score (nSPS) is 12.9. The number of phenols is 3. The first kappa shape index (κ1) is 53.7. The molecule has 3 nitrogen and oxygen atoms in total. The molecule has 0 fully saturated rings. The highest BCUT2D eigenvalue weighted by atomic mass is 16.3. The molecule has 0 saturated heterocycles. The summed E-state index contributed by atoms with van der Waals surface area (Å²) in [7, 11) is 0.